The average Bonchev–Trinajstić information content (AvgIpc) is 2.72. The fourth-order valence-electron chi connectivity index (χ4n) is 2.68. The standard InChI is InChI=1S/C23H19NO3/c1-27-21-11-9-19(10-12-21)22(18-7-3-2-4-8-18)15-20(23(25)26)14-17-6-5-13-24-16-17/h2-16H,1H3,(H,25,26)/b20-14+,22-15-. The molecule has 0 aliphatic carbocycles. The molecule has 0 aliphatic heterocycles. The summed E-state index contributed by atoms with van der Waals surface area (Å²) in [5.41, 5.74) is 3.56. The summed E-state index contributed by atoms with van der Waals surface area (Å²) in [5.74, 6) is -0.253. The molecule has 1 aromatic heterocycles. The molecule has 0 atom stereocenters. The van der Waals surface area contributed by atoms with E-state index < -0.39 is 5.97 Å². The highest BCUT2D eigenvalue weighted by atomic mass is 16.5. The van der Waals surface area contributed by atoms with Crippen LogP contribution in [0.1, 0.15) is 16.7 Å². The molecular weight excluding hydrogens is 338 g/mol. The van der Waals surface area contributed by atoms with Crippen LogP contribution in [-0.4, -0.2) is 23.2 Å². The van der Waals surface area contributed by atoms with Crippen molar-refractivity contribution in [3.63, 3.8) is 0 Å². The third-order valence-corrected chi connectivity index (χ3v) is 4.04. The zero-order valence-electron chi connectivity index (χ0n) is 14.9. The van der Waals surface area contributed by atoms with E-state index in [9.17, 15) is 9.90 Å². The van der Waals surface area contributed by atoms with Crippen LogP contribution in [0, 0.1) is 0 Å². The van der Waals surface area contributed by atoms with Gasteiger partial charge in [0.05, 0.1) is 12.7 Å². The molecular formula is C23H19NO3. The Morgan fingerprint density at radius 3 is 2.26 bits per heavy atom. The first-order valence-electron chi connectivity index (χ1n) is 8.44. The molecule has 2 aromatic carbocycles. The number of ether oxygens (including phenoxy) is 1. The Morgan fingerprint density at radius 1 is 0.963 bits per heavy atom. The summed E-state index contributed by atoms with van der Waals surface area (Å²) < 4.78 is 5.22. The monoisotopic (exact) mass is 357 g/mol. The minimum Gasteiger partial charge on any atom is -0.497 e. The second kappa shape index (κ2) is 8.63. The number of nitrogens with zero attached hydrogens (tertiary/aromatic N) is 1. The van der Waals surface area contributed by atoms with Crippen molar-refractivity contribution in [2.45, 2.75) is 0 Å². The van der Waals surface area contributed by atoms with Crippen molar-refractivity contribution >= 4 is 17.6 Å². The molecule has 0 aliphatic rings. The van der Waals surface area contributed by atoms with E-state index in [1.807, 2.05) is 60.7 Å². The predicted octanol–water partition coefficient (Wildman–Crippen LogP) is 4.69. The van der Waals surface area contributed by atoms with Crippen LogP contribution >= 0.6 is 0 Å². The third kappa shape index (κ3) is 4.70. The highest BCUT2D eigenvalue weighted by Crippen LogP contribution is 2.27. The first-order chi connectivity index (χ1) is 13.2. The molecule has 0 spiro atoms. The van der Waals surface area contributed by atoms with Crippen LogP contribution in [0.4, 0.5) is 0 Å². The highest BCUT2D eigenvalue weighted by Gasteiger charge is 2.11. The van der Waals surface area contributed by atoms with E-state index in [1.165, 1.54) is 0 Å². The number of rotatable bonds is 6. The van der Waals surface area contributed by atoms with Crippen LogP contribution in [-0.2, 0) is 4.79 Å². The maximum atomic E-state index is 11.8. The summed E-state index contributed by atoms with van der Waals surface area (Å²) in [7, 11) is 1.61. The molecule has 4 nitrogen and oxygen atoms in total. The van der Waals surface area contributed by atoms with Gasteiger partial charge in [0, 0.05) is 12.4 Å². The molecule has 0 saturated heterocycles. The fraction of sp³-hybridized carbons (Fsp3) is 0.0435. The van der Waals surface area contributed by atoms with Gasteiger partial charge in [0.2, 0.25) is 0 Å². The van der Waals surface area contributed by atoms with Crippen LogP contribution in [0.5, 0.6) is 5.75 Å². The number of benzene rings is 2. The van der Waals surface area contributed by atoms with Crippen LogP contribution in [0.25, 0.3) is 11.6 Å². The zero-order valence-corrected chi connectivity index (χ0v) is 14.9. The van der Waals surface area contributed by atoms with Crippen LogP contribution in [0.3, 0.4) is 0 Å². The lowest BCUT2D eigenvalue weighted by Gasteiger charge is -2.10. The Balaban J connectivity index is 2.12. The number of methoxy groups -OCH3 is 1. The highest BCUT2D eigenvalue weighted by molar-refractivity contribution is 5.99. The van der Waals surface area contributed by atoms with Crippen molar-refractivity contribution in [1.82, 2.24) is 4.98 Å². The van der Waals surface area contributed by atoms with Crippen molar-refractivity contribution in [3.05, 3.63) is 107 Å². The first-order valence-corrected chi connectivity index (χ1v) is 8.44. The number of hydrogen-bond donors (Lipinski definition) is 1. The Morgan fingerprint density at radius 2 is 1.67 bits per heavy atom. The topological polar surface area (TPSA) is 59.4 Å². The second-order valence-corrected chi connectivity index (χ2v) is 5.84. The number of carboxylic acid groups (broad SMARTS) is 1. The molecule has 0 unspecified atom stereocenters. The van der Waals surface area contributed by atoms with Crippen molar-refractivity contribution in [2.75, 3.05) is 7.11 Å². The number of aromatic nitrogens is 1. The largest absolute Gasteiger partial charge is 0.497 e. The molecule has 1 heterocycles. The summed E-state index contributed by atoms with van der Waals surface area (Å²) in [6.07, 6.45) is 6.58. The normalized spacial score (nSPS) is 11.9. The van der Waals surface area contributed by atoms with Gasteiger partial charge < -0.3 is 9.84 Å². The number of hydrogen-bond acceptors (Lipinski definition) is 3. The van der Waals surface area contributed by atoms with Gasteiger partial charge in [-0.05, 0) is 52.6 Å². The van der Waals surface area contributed by atoms with Gasteiger partial charge in [0.1, 0.15) is 5.75 Å². The van der Waals surface area contributed by atoms with Gasteiger partial charge >= 0.3 is 5.97 Å². The Bertz CT molecular complexity index is 960. The van der Waals surface area contributed by atoms with Crippen LogP contribution < -0.4 is 4.74 Å². The lowest BCUT2D eigenvalue weighted by Crippen LogP contribution is -2.00. The number of carbonyl (C=O) groups is 1. The summed E-state index contributed by atoms with van der Waals surface area (Å²) in [6.45, 7) is 0. The second-order valence-electron chi connectivity index (χ2n) is 5.84. The predicted molar refractivity (Wildman–Crippen MR) is 106 cm³/mol. The van der Waals surface area contributed by atoms with Gasteiger partial charge in [-0.1, -0.05) is 48.5 Å². The lowest BCUT2D eigenvalue weighted by molar-refractivity contribution is -0.132. The molecule has 4 heteroatoms. The minimum atomic E-state index is -0.999. The van der Waals surface area contributed by atoms with Gasteiger partial charge in [-0.3, -0.25) is 4.98 Å². The summed E-state index contributed by atoms with van der Waals surface area (Å²) in [4.78, 5) is 15.9. The Kier molecular flexibility index (Phi) is 5.80. The van der Waals surface area contributed by atoms with Crippen molar-refractivity contribution in [1.29, 1.82) is 0 Å². The first kappa shape index (κ1) is 18.1. The number of aliphatic carboxylic acids is 1. The van der Waals surface area contributed by atoms with Gasteiger partial charge in [0.25, 0.3) is 0 Å². The van der Waals surface area contributed by atoms with Crippen molar-refractivity contribution in [2.24, 2.45) is 0 Å². The van der Waals surface area contributed by atoms with E-state index in [0.717, 1.165) is 28.0 Å². The Labute approximate surface area is 158 Å². The zero-order chi connectivity index (χ0) is 19.1. The number of pyridine rings is 1. The number of carboxylic acids is 1. The third-order valence-electron chi connectivity index (χ3n) is 4.04. The summed E-state index contributed by atoms with van der Waals surface area (Å²) >= 11 is 0. The summed E-state index contributed by atoms with van der Waals surface area (Å²) in [6, 6.07) is 20.8. The average molecular weight is 357 g/mol. The van der Waals surface area contributed by atoms with E-state index in [1.54, 1.807) is 37.7 Å². The lowest BCUT2D eigenvalue weighted by atomic mass is 9.95. The van der Waals surface area contributed by atoms with E-state index in [-0.39, 0.29) is 5.57 Å². The van der Waals surface area contributed by atoms with Gasteiger partial charge in [-0.25, -0.2) is 4.79 Å². The molecule has 0 radical (unpaired) electrons. The molecule has 3 aromatic rings. The van der Waals surface area contributed by atoms with E-state index in [2.05, 4.69) is 4.98 Å². The fourth-order valence-corrected chi connectivity index (χ4v) is 2.68. The van der Waals surface area contributed by atoms with Gasteiger partial charge in [-0.2, -0.15) is 0 Å². The molecule has 134 valence electrons. The molecule has 27 heavy (non-hydrogen) atoms. The minimum absolute atomic E-state index is 0.178. The molecule has 0 fully saturated rings. The quantitative estimate of drug-likeness (QED) is 0.514. The van der Waals surface area contributed by atoms with Crippen LogP contribution in [0.15, 0.2) is 90.8 Å². The smallest absolute Gasteiger partial charge is 0.335 e. The molecule has 0 saturated carbocycles. The SMILES string of the molecule is COc1ccc(/C(=C\C(=C/c2cccnc2)C(=O)O)c2ccccc2)cc1. The molecule has 0 amide bonds. The maximum Gasteiger partial charge on any atom is 0.335 e. The van der Waals surface area contributed by atoms with E-state index in [4.69, 9.17) is 4.74 Å². The van der Waals surface area contributed by atoms with Gasteiger partial charge in [-0.15, -0.1) is 0 Å². The van der Waals surface area contributed by atoms with Crippen molar-refractivity contribution < 1.29 is 14.6 Å². The molecule has 0 bridgehead atoms. The van der Waals surface area contributed by atoms with E-state index >= 15 is 0 Å². The van der Waals surface area contributed by atoms with E-state index in [0.29, 0.717) is 0 Å². The van der Waals surface area contributed by atoms with Crippen molar-refractivity contribution in [3.8, 4) is 5.75 Å². The Hall–Kier alpha value is -3.66. The van der Waals surface area contributed by atoms with Crippen LogP contribution in [0.2, 0.25) is 0 Å². The van der Waals surface area contributed by atoms with Gasteiger partial charge in [0.15, 0.2) is 0 Å². The summed E-state index contributed by atoms with van der Waals surface area (Å²) in [5, 5.41) is 9.71. The molecule has 1 N–H and O–H groups in total. The molecule has 3 rings (SSSR count). The maximum absolute atomic E-state index is 11.8.